The van der Waals surface area contributed by atoms with Crippen molar-refractivity contribution in [2.45, 2.75) is 39.7 Å². The van der Waals surface area contributed by atoms with Crippen LogP contribution in [0.1, 0.15) is 32.3 Å². The van der Waals surface area contributed by atoms with Gasteiger partial charge < -0.3 is 10.3 Å². The van der Waals surface area contributed by atoms with Gasteiger partial charge in [0.05, 0.1) is 5.69 Å². The Balaban J connectivity index is 3.29. The summed E-state index contributed by atoms with van der Waals surface area (Å²) in [6.07, 6.45) is 1.84. The fourth-order valence-corrected chi connectivity index (χ4v) is 1.47. The minimum Gasteiger partial charge on any atom is -0.384 e. The van der Waals surface area contributed by atoms with E-state index < -0.39 is 0 Å². The molecule has 0 atom stereocenters. The number of hydrogen-bond acceptors (Lipinski definition) is 2. The fraction of sp³-hybridized carbons (Fsp3) is 0.545. The molecule has 0 unspecified atom stereocenters. The van der Waals surface area contributed by atoms with Gasteiger partial charge in [0.15, 0.2) is 0 Å². The second-order valence-electron chi connectivity index (χ2n) is 4.56. The number of allylic oxidation sites excluding steroid dienone is 1. The summed E-state index contributed by atoms with van der Waals surface area (Å²) in [4.78, 5) is 4.49. The van der Waals surface area contributed by atoms with E-state index in [-0.39, 0.29) is 5.41 Å². The fourth-order valence-electron chi connectivity index (χ4n) is 1.47. The number of aryl methyl sites for hydroxylation is 1. The van der Waals surface area contributed by atoms with Crippen LogP contribution in [0.15, 0.2) is 12.7 Å². The van der Waals surface area contributed by atoms with Gasteiger partial charge in [-0.05, 0) is 6.92 Å². The van der Waals surface area contributed by atoms with Gasteiger partial charge in [-0.25, -0.2) is 4.98 Å². The van der Waals surface area contributed by atoms with Gasteiger partial charge in [-0.1, -0.05) is 26.8 Å². The van der Waals surface area contributed by atoms with Crippen LogP contribution < -0.4 is 5.73 Å². The van der Waals surface area contributed by atoms with E-state index in [1.165, 1.54) is 0 Å². The molecule has 0 aliphatic rings. The van der Waals surface area contributed by atoms with Crippen LogP contribution >= 0.6 is 0 Å². The lowest BCUT2D eigenvalue weighted by Crippen LogP contribution is -2.19. The van der Waals surface area contributed by atoms with Crippen LogP contribution in [0.4, 0.5) is 5.82 Å². The van der Waals surface area contributed by atoms with E-state index in [0.717, 1.165) is 23.9 Å². The molecule has 78 valence electrons. The zero-order valence-corrected chi connectivity index (χ0v) is 9.46. The van der Waals surface area contributed by atoms with Crippen molar-refractivity contribution in [3.05, 3.63) is 24.2 Å². The lowest BCUT2D eigenvalue weighted by Gasteiger charge is -2.19. The Morgan fingerprint density at radius 1 is 1.50 bits per heavy atom. The molecule has 0 fully saturated rings. The van der Waals surface area contributed by atoms with Crippen LogP contribution in [0.3, 0.4) is 0 Å². The molecule has 2 N–H and O–H groups in total. The van der Waals surface area contributed by atoms with E-state index in [1.54, 1.807) is 0 Å². The summed E-state index contributed by atoms with van der Waals surface area (Å²) in [5.74, 6) is 1.77. The van der Waals surface area contributed by atoms with Crippen molar-refractivity contribution >= 4 is 5.82 Å². The second-order valence-corrected chi connectivity index (χ2v) is 4.56. The summed E-state index contributed by atoms with van der Waals surface area (Å²) < 4.78 is 2.02. The van der Waals surface area contributed by atoms with E-state index in [9.17, 15) is 0 Å². The molecule has 0 saturated heterocycles. The van der Waals surface area contributed by atoms with Crippen LogP contribution in [0, 0.1) is 6.92 Å². The highest BCUT2D eigenvalue weighted by Gasteiger charge is 2.22. The molecule has 0 aliphatic carbocycles. The molecule has 0 radical (unpaired) electrons. The minimum absolute atomic E-state index is 0.0192. The summed E-state index contributed by atoms with van der Waals surface area (Å²) in [7, 11) is 0. The lowest BCUT2D eigenvalue weighted by atomic mass is 9.95. The molecular formula is C11H19N3. The van der Waals surface area contributed by atoms with Crippen molar-refractivity contribution < 1.29 is 0 Å². The highest BCUT2D eigenvalue weighted by atomic mass is 15.1. The number of aromatic nitrogens is 2. The first-order valence-corrected chi connectivity index (χ1v) is 4.82. The molecule has 3 heteroatoms. The van der Waals surface area contributed by atoms with Crippen molar-refractivity contribution in [3.8, 4) is 0 Å². The van der Waals surface area contributed by atoms with Gasteiger partial charge in [-0.3, -0.25) is 0 Å². The maximum absolute atomic E-state index is 5.94. The Morgan fingerprint density at radius 2 is 2.07 bits per heavy atom. The molecule has 1 rings (SSSR count). The van der Waals surface area contributed by atoms with E-state index >= 15 is 0 Å². The molecule has 0 spiro atoms. The van der Waals surface area contributed by atoms with E-state index in [0.29, 0.717) is 0 Å². The monoisotopic (exact) mass is 193 g/mol. The average molecular weight is 193 g/mol. The van der Waals surface area contributed by atoms with Crippen LogP contribution in [-0.4, -0.2) is 9.55 Å². The van der Waals surface area contributed by atoms with Crippen LogP contribution in [-0.2, 0) is 12.0 Å². The van der Waals surface area contributed by atoms with Gasteiger partial charge in [0.1, 0.15) is 11.6 Å². The average Bonchev–Trinajstić information content (AvgIpc) is 2.32. The van der Waals surface area contributed by atoms with Crippen LogP contribution in [0.2, 0.25) is 0 Å². The molecule has 0 aliphatic heterocycles. The van der Waals surface area contributed by atoms with Crippen molar-refractivity contribution in [3.63, 3.8) is 0 Å². The van der Waals surface area contributed by atoms with E-state index in [2.05, 4.69) is 32.3 Å². The SMILES string of the molecule is C=CCn1c(C(C)(C)C)nc(C)c1N. The molecule has 3 nitrogen and oxygen atoms in total. The van der Waals surface area contributed by atoms with Crippen molar-refractivity contribution in [1.82, 2.24) is 9.55 Å². The van der Waals surface area contributed by atoms with Gasteiger partial charge in [0, 0.05) is 12.0 Å². The van der Waals surface area contributed by atoms with Crippen molar-refractivity contribution in [2.24, 2.45) is 0 Å². The summed E-state index contributed by atoms with van der Waals surface area (Å²) >= 11 is 0. The first-order chi connectivity index (χ1) is 6.38. The van der Waals surface area contributed by atoms with E-state index in [1.807, 2.05) is 17.6 Å². The predicted octanol–water partition coefficient (Wildman–Crippen LogP) is 2.26. The highest BCUT2D eigenvalue weighted by molar-refractivity contribution is 5.38. The van der Waals surface area contributed by atoms with Crippen LogP contribution in [0.25, 0.3) is 0 Å². The zero-order valence-electron chi connectivity index (χ0n) is 9.46. The number of nitrogens with two attached hydrogens (primary N) is 1. The summed E-state index contributed by atoms with van der Waals surface area (Å²) in [6, 6.07) is 0. The van der Waals surface area contributed by atoms with E-state index in [4.69, 9.17) is 5.73 Å². The molecule has 0 saturated carbocycles. The summed E-state index contributed by atoms with van der Waals surface area (Å²) in [5, 5.41) is 0. The van der Waals surface area contributed by atoms with Gasteiger partial charge in [-0.15, -0.1) is 6.58 Å². The quantitative estimate of drug-likeness (QED) is 0.732. The molecule has 1 aromatic heterocycles. The molecule has 0 bridgehead atoms. The normalized spacial score (nSPS) is 11.7. The second kappa shape index (κ2) is 3.48. The molecule has 1 heterocycles. The zero-order chi connectivity index (χ0) is 10.9. The number of anilines is 1. The highest BCUT2D eigenvalue weighted by Crippen LogP contribution is 2.25. The van der Waals surface area contributed by atoms with Crippen LogP contribution in [0.5, 0.6) is 0 Å². The third kappa shape index (κ3) is 1.81. The number of imidazole rings is 1. The lowest BCUT2D eigenvalue weighted by molar-refractivity contribution is 0.515. The number of hydrogen-bond donors (Lipinski definition) is 1. The first-order valence-electron chi connectivity index (χ1n) is 4.82. The molecule has 0 amide bonds. The maximum Gasteiger partial charge on any atom is 0.126 e. The third-order valence-corrected chi connectivity index (χ3v) is 2.17. The largest absolute Gasteiger partial charge is 0.384 e. The molecular weight excluding hydrogens is 174 g/mol. The Morgan fingerprint density at radius 3 is 2.50 bits per heavy atom. The minimum atomic E-state index is 0.0192. The Bertz CT molecular complexity index is 342. The molecule has 14 heavy (non-hydrogen) atoms. The maximum atomic E-state index is 5.94. The third-order valence-electron chi connectivity index (χ3n) is 2.17. The standard InChI is InChI=1S/C11H19N3/c1-6-7-14-9(12)8(2)13-10(14)11(3,4)5/h6H,1,7,12H2,2-5H3. The Hall–Kier alpha value is -1.25. The Kier molecular flexibility index (Phi) is 2.69. The van der Waals surface area contributed by atoms with Gasteiger partial charge in [0.2, 0.25) is 0 Å². The van der Waals surface area contributed by atoms with Gasteiger partial charge >= 0.3 is 0 Å². The van der Waals surface area contributed by atoms with Crippen molar-refractivity contribution in [1.29, 1.82) is 0 Å². The van der Waals surface area contributed by atoms with Gasteiger partial charge in [-0.2, -0.15) is 0 Å². The number of rotatable bonds is 2. The first kappa shape index (κ1) is 10.8. The topological polar surface area (TPSA) is 43.8 Å². The predicted molar refractivity (Wildman–Crippen MR) is 60.3 cm³/mol. The number of nitrogens with zero attached hydrogens (tertiary/aromatic N) is 2. The number of nitrogen functional groups attached to an aromatic ring is 1. The molecule has 0 aromatic carbocycles. The summed E-state index contributed by atoms with van der Waals surface area (Å²) in [5.41, 5.74) is 6.86. The molecule has 1 aromatic rings. The smallest absolute Gasteiger partial charge is 0.126 e. The summed E-state index contributed by atoms with van der Waals surface area (Å²) in [6.45, 7) is 12.8. The van der Waals surface area contributed by atoms with Gasteiger partial charge in [0.25, 0.3) is 0 Å². The van der Waals surface area contributed by atoms with Crippen molar-refractivity contribution in [2.75, 3.05) is 5.73 Å². The Labute approximate surface area is 85.6 Å².